The number of carbonyl (C=O) groups excluding carboxylic acids is 1. The SMILES string of the molecule is CCNc1cc(C)ncc1C(=O)N1CCC(C)(C)C1. The molecule has 1 N–H and O–H groups in total. The maximum absolute atomic E-state index is 12.6. The van der Waals surface area contributed by atoms with E-state index in [0.717, 1.165) is 37.4 Å². The van der Waals surface area contributed by atoms with Crippen LogP contribution in [0.15, 0.2) is 12.3 Å². The van der Waals surface area contributed by atoms with Crippen LogP contribution >= 0.6 is 0 Å². The number of aromatic nitrogens is 1. The maximum atomic E-state index is 12.6. The molecule has 0 aromatic carbocycles. The first-order valence-electron chi connectivity index (χ1n) is 6.93. The van der Waals surface area contributed by atoms with Gasteiger partial charge in [-0.1, -0.05) is 13.8 Å². The number of rotatable bonds is 3. The third kappa shape index (κ3) is 3.06. The molecular formula is C15H23N3O. The van der Waals surface area contributed by atoms with Crippen LogP contribution in [0.5, 0.6) is 0 Å². The molecular weight excluding hydrogens is 238 g/mol. The van der Waals surface area contributed by atoms with Gasteiger partial charge in [0.15, 0.2) is 0 Å². The van der Waals surface area contributed by atoms with Gasteiger partial charge in [-0.2, -0.15) is 0 Å². The lowest BCUT2D eigenvalue weighted by Crippen LogP contribution is -2.31. The van der Waals surface area contributed by atoms with E-state index in [1.165, 1.54) is 0 Å². The molecule has 0 atom stereocenters. The van der Waals surface area contributed by atoms with Gasteiger partial charge in [0, 0.05) is 31.5 Å². The van der Waals surface area contributed by atoms with Crippen molar-refractivity contribution in [3.8, 4) is 0 Å². The summed E-state index contributed by atoms with van der Waals surface area (Å²) in [5.41, 5.74) is 2.73. The van der Waals surface area contributed by atoms with Crippen molar-refractivity contribution >= 4 is 11.6 Å². The van der Waals surface area contributed by atoms with Crippen molar-refractivity contribution in [1.29, 1.82) is 0 Å². The van der Waals surface area contributed by atoms with E-state index < -0.39 is 0 Å². The van der Waals surface area contributed by atoms with Gasteiger partial charge in [-0.25, -0.2) is 0 Å². The Labute approximate surface area is 115 Å². The van der Waals surface area contributed by atoms with E-state index in [1.54, 1.807) is 6.20 Å². The second-order valence-electron chi connectivity index (χ2n) is 6.04. The number of amides is 1. The number of likely N-dealkylation sites (tertiary alicyclic amines) is 1. The maximum Gasteiger partial charge on any atom is 0.257 e. The van der Waals surface area contributed by atoms with Crippen LogP contribution in [0.3, 0.4) is 0 Å². The van der Waals surface area contributed by atoms with Crippen LogP contribution in [-0.2, 0) is 0 Å². The third-order valence-electron chi connectivity index (χ3n) is 3.60. The largest absolute Gasteiger partial charge is 0.385 e. The summed E-state index contributed by atoms with van der Waals surface area (Å²) in [5.74, 6) is 0.0917. The van der Waals surface area contributed by atoms with Gasteiger partial charge in [0.1, 0.15) is 0 Å². The van der Waals surface area contributed by atoms with Gasteiger partial charge in [0.05, 0.1) is 11.3 Å². The number of pyridine rings is 1. The lowest BCUT2D eigenvalue weighted by Gasteiger charge is -2.21. The van der Waals surface area contributed by atoms with Crippen LogP contribution in [0.2, 0.25) is 0 Å². The number of hydrogen-bond donors (Lipinski definition) is 1. The minimum absolute atomic E-state index is 0.0917. The smallest absolute Gasteiger partial charge is 0.257 e. The Morgan fingerprint density at radius 3 is 2.84 bits per heavy atom. The molecule has 2 heterocycles. The average Bonchev–Trinajstić information content (AvgIpc) is 2.70. The fraction of sp³-hybridized carbons (Fsp3) is 0.600. The molecule has 0 spiro atoms. The van der Waals surface area contributed by atoms with Gasteiger partial charge >= 0.3 is 0 Å². The molecule has 0 radical (unpaired) electrons. The van der Waals surface area contributed by atoms with Crippen molar-refractivity contribution in [1.82, 2.24) is 9.88 Å². The van der Waals surface area contributed by atoms with Crippen molar-refractivity contribution < 1.29 is 4.79 Å². The summed E-state index contributed by atoms with van der Waals surface area (Å²) in [4.78, 5) is 18.8. The Kier molecular flexibility index (Phi) is 3.78. The molecule has 2 rings (SSSR count). The Balaban J connectivity index is 2.24. The summed E-state index contributed by atoms with van der Waals surface area (Å²) < 4.78 is 0. The number of anilines is 1. The first kappa shape index (κ1) is 13.8. The van der Waals surface area contributed by atoms with Crippen molar-refractivity contribution in [2.75, 3.05) is 25.0 Å². The van der Waals surface area contributed by atoms with Gasteiger partial charge in [0.25, 0.3) is 5.91 Å². The quantitative estimate of drug-likeness (QED) is 0.910. The van der Waals surface area contributed by atoms with Crippen molar-refractivity contribution in [2.45, 2.75) is 34.1 Å². The molecule has 1 aromatic heterocycles. The molecule has 0 saturated carbocycles. The standard InChI is InChI=1S/C15H23N3O/c1-5-16-13-8-11(2)17-9-12(13)14(19)18-7-6-15(3,4)10-18/h8-9H,5-7,10H2,1-4H3,(H,16,17). The molecule has 0 bridgehead atoms. The highest BCUT2D eigenvalue weighted by molar-refractivity contribution is 5.99. The average molecular weight is 261 g/mol. The van der Waals surface area contributed by atoms with Crippen molar-refractivity contribution in [2.24, 2.45) is 5.41 Å². The van der Waals surface area contributed by atoms with Crippen LogP contribution in [0.25, 0.3) is 0 Å². The molecule has 1 fully saturated rings. The van der Waals surface area contributed by atoms with Crippen LogP contribution in [0.4, 0.5) is 5.69 Å². The van der Waals surface area contributed by atoms with Crippen LogP contribution < -0.4 is 5.32 Å². The van der Waals surface area contributed by atoms with E-state index in [1.807, 2.05) is 24.8 Å². The Morgan fingerprint density at radius 2 is 2.26 bits per heavy atom. The van der Waals surface area contributed by atoms with E-state index in [4.69, 9.17) is 0 Å². The van der Waals surface area contributed by atoms with E-state index >= 15 is 0 Å². The monoisotopic (exact) mass is 261 g/mol. The summed E-state index contributed by atoms with van der Waals surface area (Å²) in [6, 6.07) is 1.94. The second kappa shape index (κ2) is 5.19. The zero-order valence-electron chi connectivity index (χ0n) is 12.3. The molecule has 1 aromatic rings. The zero-order valence-corrected chi connectivity index (χ0v) is 12.3. The summed E-state index contributed by atoms with van der Waals surface area (Å²) in [7, 11) is 0. The van der Waals surface area contributed by atoms with Crippen molar-refractivity contribution in [3.05, 3.63) is 23.5 Å². The zero-order chi connectivity index (χ0) is 14.0. The van der Waals surface area contributed by atoms with Crippen LogP contribution in [-0.4, -0.2) is 35.4 Å². The third-order valence-corrected chi connectivity index (χ3v) is 3.60. The summed E-state index contributed by atoms with van der Waals surface area (Å²) >= 11 is 0. The number of carbonyl (C=O) groups is 1. The number of nitrogens with zero attached hydrogens (tertiary/aromatic N) is 2. The van der Waals surface area contributed by atoms with Gasteiger partial charge in [-0.3, -0.25) is 9.78 Å². The van der Waals surface area contributed by atoms with E-state index in [2.05, 4.69) is 24.1 Å². The van der Waals surface area contributed by atoms with Crippen LogP contribution in [0, 0.1) is 12.3 Å². The molecule has 4 heteroatoms. The molecule has 0 aliphatic carbocycles. The molecule has 104 valence electrons. The first-order valence-corrected chi connectivity index (χ1v) is 6.93. The number of hydrogen-bond acceptors (Lipinski definition) is 3. The van der Waals surface area contributed by atoms with Gasteiger partial charge in [0.2, 0.25) is 0 Å². The highest BCUT2D eigenvalue weighted by Crippen LogP contribution is 2.30. The second-order valence-corrected chi connectivity index (χ2v) is 6.04. The van der Waals surface area contributed by atoms with Gasteiger partial charge in [-0.15, -0.1) is 0 Å². The molecule has 19 heavy (non-hydrogen) atoms. The van der Waals surface area contributed by atoms with Crippen LogP contribution in [0.1, 0.15) is 43.2 Å². The van der Waals surface area contributed by atoms with E-state index in [-0.39, 0.29) is 11.3 Å². The minimum Gasteiger partial charge on any atom is -0.385 e. The molecule has 1 saturated heterocycles. The summed E-state index contributed by atoms with van der Waals surface area (Å²) in [6.45, 7) is 10.8. The first-order chi connectivity index (χ1) is 8.93. The Bertz CT molecular complexity index is 482. The molecule has 1 aliphatic heterocycles. The Hall–Kier alpha value is -1.58. The lowest BCUT2D eigenvalue weighted by atomic mass is 9.93. The predicted molar refractivity (Wildman–Crippen MR) is 77.4 cm³/mol. The number of nitrogens with one attached hydrogen (secondary N) is 1. The summed E-state index contributed by atoms with van der Waals surface area (Å²) in [6.07, 6.45) is 2.76. The predicted octanol–water partition coefficient (Wildman–Crippen LogP) is 2.69. The van der Waals surface area contributed by atoms with Gasteiger partial charge in [-0.05, 0) is 31.7 Å². The topological polar surface area (TPSA) is 45.2 Å². The molecule has 4 nitrogen and oxygen atoms in total. The fourth-order valence-electron chi connectivity index (χ4n) is 2.52. The van der Waals surface area contributed by atoms with Gasteiger partial charge < -0.3 is 10.2 Å². The molecule has 1 amide bonds. The van der Waals surface area contributed by atoms with E-state index in [9.17, 15) is 4.79 Å². The Morgan fingerprint density at radius 1 is 1.53 bits per heavy atom. The highest BCUT2D eigenvalue weighted by atomic mass is 16.2. The molecule has 0 unspecified atom stereocenters. The van der Waals surface area contributed by atoms with Crippen molar-refractivity contribution in [3.63, 3.8) is 0 Å². The normalized spacial score (nSPS) is 17.6. The van der Waals surface area contributed by atoms with E-state index in [0.29, 0.717) is 5.56 Å². The minimum atomic E-state index is 0.0917. The highest BCUT2D eigenvalue weighted by Gasteiger charge is 2.33. The lowest BCUT2D eigenvalue weighted by molar-refractivity contribution is 0.0779. The molecule has 1 aliphatic rings. The number of aryl methyl sites for hydroxylation is 1. The summed E-state index contributed by atoms with van der Waals surface area (Å²) in [5, 5.41) is 3.25. The fourth-order valence-corrected chi connectivity index (χ4v) is 2.52.